The fourth-order valence-corrected chi connectivity index (χ4v) is 3.54. The van der Waals surface area contributed by atoms with Gasteiger partial charge in [-0.1, -0.05) is 6.92 Å². The van der Waals surface area contributed by atoms with Gasteiger partial charge in [-0.3, -0.25) is 0 Å². The van der Waals surface area contributed by atoms with E-state index in [1.54, 1.807) is 0 Å². The zero-order valence-corrected chi connectivity index (χ0v) is 12.1. The summed E-state index contributed by atoms with van der Waals surface area (Å²) in [6, 6.07) is 0.622. The molecular formula is C15H30N2O. The molecule has 3 heteroatoms. The highest BCUT2D eigenvalue weighted by molar-refractivity contribution is 4.82. The van der Waals surface area contributed by atoms with E-state index < -0.39 is 0 Å². The molecule has 0 amide bonds. The summed E-state index contributed by atoms with van der Waals surface area (Å²) in [5, 5.41) is 13.3. The molecule has 4 atom stereocenters. The molecule has 4 unspecified atom stereocenters. The summed E-state index contributed by atoms with van der Waals surface area (Å²) in [5.74, 6) is 1.51. The Morgan fingerprint density at radius 2 is 2.17 bits per heavy atom. The number of likely N-dealkylation sites (tertiary alicyclic amines) is 1. The van der Waals surface area contributed by atoms with E-state index in [9.17, 15) is 5.11 Å². The summed E-state index contributed by atoms with van der Waals surface area (Å²) >= 11 is 0. The predicted molar refractivity (Wildman–Crippen MR) is 75.7 cm³/mol. The number of nitrogens with zero attached hydrogens (tertiary/aromatic N) is 1. The van der Waals surface area contributed by atoms with Crippen LogP contribution in [-0.2, 0) is 0 Å². The van der Waals surface area contributed by atoms with Gasteiger partial charge in [0.2, 0.25) is 0 Å². The van der Waals surface area contributed by atoms with Crippen LogP contribution >= 0.6 is 0 Å². The molecule has 1 heterocycles. The van der Waals surface area contributed by atoms with Crippen molar-refractivity contribution in [3.8, 4) is 0 Å². The number of rotatable bonds is 5. The SMILES string of the molecule is CCN1CCCC(C(C)NCC2CCC(O)C2)C1. The van der Waals surface area contributed by atoms with E-state index in [1.807, 2.05) is 0 Å². The van der Waals surface area contributed by atoms with E-state index in [2.05, 4.69) is 24.1 Å². The Labute approximate surface area is 112 Å². The lowest BCUT2D eigenvalue weighted by Crippen LogP contribution is -2.45. The summed E-state index contributed by atoms with van der Waals surface area (Å²) in [6.07, 6.45) is 5.91. The highest BCUT2D eigenvalue weighted by Gasteiger charge is 2.26. The Bertz CT molecular complexity index is 247. The fourth-order valence-electron chi connectivity index (χ4n) is 3.54. The first-order valence-electron chi connectivity index (χ1n) is 7.82. The minimum Gasteiger partial charge on any atom is -0.393 e. The number of hydrogen-bond acceptors (Lipinski definition) is 3. The first kappa shape index (κ1) is 14.3. The fraction of sp³-hybridized carbons (Fsp3) is 1.00. The van der Waals surface area contributed by atoms with Gasteiger partial charge >= 0.3 is 0 Å². The molecule has 0 bridgehead atoms. The first-order chi connectivity index (χ1) is 8.69. The molecule has 18 heavy (non-hydrogen) atoms. The number of nitrogens with one attached hydrogen (secondary N) is 1. The third-order valence-electron chi connectivity index (χ3n) is 4.94. The van der Waals surface area contributed by atoms with Gasteiger partial charge in [0, 0.05) is 12.6 Å². The minimum atomic E-state index is -0.0302. The van der Waals surface area contributed by atoms with Gasteiger partial charge < -0.3 is 15.3 Å². The lowest BCUT2D eigenvalue weighted by Gasteiger charge is -2.35. The normalized spacial score (nSPS) is 35.8. The molecule has 1 saturated heterocycles. The monoisotopic (exact) mass is 254 g/mol. The van der Waals surface area contributed by atoms with Crippen LogP contribution in [0.2, 0.25) is 0 Å². The van der Waals surface area contributed by atoms with Gasteiger partial charge in [0.05, 0.1) is 6.10 Å². The standard InChI is InChI=1S/C15H30N2O/c1-3-17-8-4-5-14(11-17)12(2)16-10-13-6-7-15(18)9-13/h12-16,18H,3-11H2,1-2H3. The molecule has 1 aliphatic heterocycles. The third kappa shape index (κ3) is 3.94. The van der Waals surface area contributed by atoms with Gasteiger partial charge in [-0.2, -0.15) is 0 Å². The number of aliphatic hydroxyl groups excluding tert-OH is 1. The van der Waals surface area contributed by atoms with Gasteiger partial charge in [-0.05, 0) is 70.5 Å². The molecule has 2 N–H and O–H groups in total. The minimum absolute atomic E-state index is 0.0302. The van der Waals surface area contributed by atoms with Crippen molar-refractivity contribution in [2.75, 3.05) is 26.2 Å². The Balaban J connectivity index is 1.69. The number of aliphatic hydroxyl groups is 1. The van der Waals surface area contributed by atoms with Crippen LogP contribution in [0.5, 0.6) is 0 Å². The molecule has 0 spiro atoms. The Kier molecular flexibility index (Phi) is 5.46. The third-order valence-corrected chi connectivity index (χ3v) is 4.94. The molecular weight excluding hydrogens is 224 g/mol. The van der Waals surface area contributed by atoms with Crippen molar-refractivity contribution >= 4 is 0 Å². The lowest BCUT2D eigenvalue weighted by molar-refractivity contribution is 0.153. The van der Waals surface area contributed by atoms with E-state index in [0.29, 0.717) is 12.0 Å². The van der Waals surface area contributed by atoms with Gasteiger partial charge in [0.15, 0.2) is 0 Å². The van der Waals surface area contributed by atoms with E-state index in [1.165, 1.54) is 38.9 Å². The van der Waals surface area contributed by atoms with Gasteiger partial charge in [0.25, 0.3) is 0 Å². The molecule has 2 aliphatic rings. The largest absolute Gasteiger partial charge is 0.393 e. The molecule has 0 aromatic heterocycles. The van der Waals surface area contributed by atoms with Crippen LogP contribution in [0.4, 0.5) is 0 Å². The van der Waals surface area contributed by atoms with Gasteiger partial charge in [-0.15, -0.1) is 0 Å². The van der Waals surface area contributed by atoms with Crippen molar-refractivity contribution in [1.82, 2.24) is 10.2 Å². The van der Waals surface area contributed by atoms with E-state index in [0.717, 1.165) is 25.3 Å². The summed E-state index contributed by atoms with van der Waals surface area (Å²) in [5.41, 5.74) is 0. The molecule has 0 aromatic carbocycles. The summed E-state index contributed by atoms with van der Waals surface area (Å²) in [6.45, 7) is 9.45. The van der Waals surface area contributed by atoms with Crippen LogP contribution in [0.25, 0.3) is 0 Å². The van der Waals surface area contributed by atoms with Gasteiger partial charge in [0.1, 0.15) is 0 Å². The van der Waals surface area contributed by atoms with Crippen molar-refractivity contribution in [1.29, 1.82) is 0 Å². The molecule has 106 valence electrons. The number of piperidine rings is 1. The molecule has 1 aliphatic carbocycles. The van der Waals surface area contributed by atoms with Crippen molar-refractivity contribution in [2.24, 2.45) is 11.8 Å². The molecule has 3 nitrogen and oxygen atoms in total. The second kappa shape index (κ2) is 6.88. The molecule has 2 rings (SSSR count). The van der Waals surface area contributed by atoms with Crippen molar-refractivity contribution in [3.63, 3.8) is 0 Å². The number of hydrogen-bond donors (Lipinski definition) is 2. The summed E-state index contributed by atoms with van der Waals surface area (Å²) < 4.78 is 0. The van der Waals surface area contributed by atoms with Crippen LogP contribution in [0.15, 0.2) is 0 Å². The first-order valence-corrected chi connectivity index (χ1v) is 7.82. The van der Waals surface area contributed by atoms with Crippen LogP contribution < -0.4 is 5.32 Å². The average molecular weight is 254 g/mol. The second-order valence-electron chi connectivity index (χ2n) is 6.33. The summed E-state index contributed by atoms with van der Waals surface area (Å²) in [4.78, 5) is 2.58. The van der Waals surface area contributed by atoms with Crippen molar-refractivity contribution in [3.05, 3.63) is 0 Å². The predicted octanol–water partition coefficient (Wildman–Crippen LogP) is 1.86. The van der Waals surface area contributed by atoms with Gasteiger partial charge in [-0.25, -0.2) is 0 Å². The summed E-state index contributed by atoms with van der Waals surface area (Å²) in [7, 11) is 0. The van der Waals surface area contributed by atoms with E-state index in [-0.39, 0.29) is 6.10 Å². The Morgan fingerprint density at radius 3 is 2.83 bits per heavy atom. The maximum absolute atomic E-state index is 9.55. The van der Waals surface area contributed by atoms with Crippen LogP contribution in [0, 0.1) is 11.8 Å². The van der Waals surface area contributed by atoms with Crippen LogP contribution in [-0.4, -0.2) is 48.3 Å². The molecule has 1 saturated carbocycles. The molecule has 2 fully saturated rings. The molecule has 0 radical (unpaired) electrons. The lowest BCUT2D eigenvalue weighted by atomic mass is 9.91. The topological polar surface area (TPSA) is 35.5 Å². The molecule has 0 aromatic rings. The van der Waals surface area contributed by atoms with Crippen LogP contribution in [0.1, 0.15) is 46.0 Å². The maximum Gasteiger partial charge on any atom is 0.0543 e. The average Bonchev–Trinajstić information content (AvgIpc) is 2.82. The second-order valence-corrected chi connectivity index (χ2v) is 6.33. The Hall–Kier alpha value is -0.120. The smallest absolute Gasteiger partial charge is 0.0543 e. The van der Waals surface area contributed by atoms with Crippen molar-refractivity contribution in [2.45, 2.75) is 58.1 Å². The maximum atomic E-state index is 9.55. The Morgan fingerprint density at radius 1 is 1.33 bits per heavy atom. The van der Waals surface area contributed by atoms with E-state index in [4.69, 9.17) is 0 Å². The van der Waals surface area contributed by atoms with Crippen LogP contribution in [0.3, 0.4) is 0 Å². The quantitative estimate of drug-likeness (QED) is 0.786. The highest BCUT2D eigenvalue weighted by Crippen LogP contribution is 2.25. The zero-order valence-electron chi connectivity index (χ0n) is 12.1. The van der Waals surface area contributed by atoms with E-state index >= 15 is 0 Å². The zero-order chi connectivity index (χ0) is 13.0. The van der Waals surface area contributed by atoms with Crippen molar-refractivity contribution < 1.29 is 5.11 Å². The highest BCUT2D eigenvalue weighted by atomic mass is 16.3.